The van der Waals surface area contributed by atoms with Gasteiger partial charge in [0.15, 0.2) is 0 Å². The third kappa shape index (κ3) is 2.41. The monoisotopic (exact) mass is 253 g/mol. The van der Waals surface area contributed by atoms with Gasteiger partial charge < -0.3 is 10.6 Å². The van der Waals surface area contributed by atoms with Crippen LogP contribution >= 0.6 is 0 Å². The molecule has 0 spiro atoms. The molecule has 3 nitrogen and oxygen atoms in total. The maximum absolute atomic E-state index is 5.97. The molecule has 2 N–H and O–H groups in total. The second-order valence-corrected chi connectivity index (χ2v) is 5.23. The summed E-state index contributed by atoms with van der Waals surface area (Å²) in [6.07, 6.45) is 6.16. The maximum Gasteiger partial charge on any atom is 0.0544 e. The number of benzene rings is 1. The molecule has 98 valence electrons. The molecule has 0 saturated carbocycles. The molecule has 3 heteroatoms. The van der Waals surface area contributed by atoms with Crippen LogP contribution in [0.25, 0.3) is 0 Å². The Morgan fingerprint density at radius 1 is 1.21 bits per heavy atom. The van der Waals surface area contributed by atoms with Gasteiger partial charge in [-0.2, -0.15) is 0 Å². The first-order valence-electron chi connectivity index (χ1n) is 6.78. The van der Waals surface area contributed by atoms with Gasteiger partial charge in [-0.3, -0.25) is 4.98 Å². The van der Waals surface area contributed by atoms with E-state index in [1.165, 1.54) is 29.7 Å². The third-order valence-electron chi connectivity index (χ3n) is 3.76. The topological polar surface area (TPSA) is 42.1 Å². The lowest BCUT2D eigenvalue weighted by atomic mass is 10.1. The van der Waals surface area contributed by atoms with Crippen molar-refractivity contribution in [2.75, 3.05) is 17.2 Å². The number of hydrogen-bond acceptors (Lipinski definition) is 3. The van der Waals surface area contributed by atoms with Gasteiger partial charge in [-0.15, -0.1) is 0 Å². The molecule has 1 atom stereocenters. The zero-order valence-electron chi connectivity index (χ0n) is 11.2. The minimum Gasteiger partial charge on any atom is -0.399 e. The Balaban J connectivity index is 1.95. The van der Waals surface area contributed by atoms with Crippen LogP contribution in [0, 0.1) is 6.92 Å². The van der Waals surface area contributed by atoms with Crippen LogP contribution in [-0.2, 0) is 0 Å². The van der Waals surface area contributed by atoms with E-state index >= 15 is 0 Å². The third-order valence-corrected chi connectivity index (χ3v) is 3.76. The predicted octanol–water partition coefficient (Wildman–Crippen LogP) is 3.31. The summed E-state index contributed by atoms with van der Waals surface area (Å²) in [5.41, 5.74) is 10.6. The van der Waals surface area contributed by atoms with Gasteiger partial charge in [0, 0.05) is 30.3 Å². The molecule has 1 fully saturated rings. The molecule has 0 bridgehead atoms. The Morgan fingerprint density at radius 3 is 2.74 bits per heavy atom. The molecule has 0 amide bonds. The fourth-order valence-corrected chi connectivity index (χ4v) is 2.97. The number of nitrogens with zero attached hydrogens (tertiary/aromatic N) is 2. The number of hydrogen-bond donors (Lipinski definition) is 1. The summed E-state index contributed by atoms with van der Waals surface area (Å²) in [6.45, 7) is 3.19. The van der Waals surface area contributed by atoms with E-state index < -0.39 is 0 Å². The van der Waals surface area contributed by atoms with Gasteiger partial charge in [0.2, 0.25) is 0 Å². The second kappa shape index (κ2) is 4.92. The van der Waals surface area contributed by atoms with Gasteiger partial charge in [0.05, 0.1) is 6.04 Å². The van der Waals surface area contributed by atoms with Gasteiger partial charge in [0.1, 0.15) is 0 Å². The Bertz CT molecular complexity index is 545. The molecule has 1 aromatic carbocycles. The van der Waals surface area contributed by atoms with Crippen molar-refractivity contribution < 1.29 is 0 Å². The van der Waals surface area contributed by atoms with E-state index in [1.807, 2.05) is 18.5 Å². The van der Waals surface area contributed by atoms with Crippen molar-refractivity contribution in [3.8, 4) is 0 Å². The lowest BCUT2D eigenvalue weighted by Gasteiger charge is -2.27. The van der Waals surface area contributed by atoms with E-state index in [0.29, 0.717) is 6.04 Å². The van der Waals surface area contributed by atoms with Crippen molar-refractivity contribution in [1.29, 1.82) is 0 Å². The fraction of sp³-hybridized carbons (Fsp3) is 0.312. The van der Waals surface area contributed by atoms with Gasteiger partial charge in [0.25, 0.3) is 0 Å². The highest BCUT2D eigenvalue weighted by atomic mass is 15.2. The summed E-state index contributed by atoms with van der Waals surface area (Å²) < 4.78 is 0. The number of rotatable bonds is 2. The van der Waals surface area contributed by atoms with Gasteiger partial charge >= 0.3 is 0 Å². The summed E-state index contributed by atoms with van der Waals surface area (Å²) in [6, 6.07) is 11.0. The van der Waals surface area contributed by atoms with Crippen molar-refractivity contribution in [3.63, 3.8) is 0 Å². The van der Waals surface area contributed by atoms with Crippen LogP contribution in [0.2, 0.25) is 0 Å². The summed E-state index contributed by atoms with van der Waals surface area (Å²) in [5, 5.41) is 0. The van der Waals surface area contributed by atoms with Crippen molar-refractivity contribution in [1.82, 2.24) is 4.98 Å². The highest BCUT2D eigenvalue weighted by Gasteiger charge is 2.26. The highest BCUT2D eigenvalue weighted by Crippen LogP contribution is 2.36. The first-order chi connectivity index (χ1) is 9.24. The smallest absolute Gasteiger partial charge is 0.0544 e. The minimum absolute atomic E-state index is 0.448. The second-order valence-electron chi connectivity index (χ2n) is 5.23. The van der Waals surface area contributed by atoms with Crippen LogP contribution in [0.4, 0.5) is 11.4 Å². The van der Waals surface area contributed by atoms with E-state index in [1.54, 1.807) is 0 Å². The van der Waals surface area contributed by atoms with Gasteiger partial charge in [-0.05, 0) is 61.2 Å². The molecule has 1 unspecified atom stereocenters. The van der Waals surface area contributed by atoms with Crippen LogP contribution in [0.1, 0.15) is 30.0 Å². The number of anilines is 2. The van der Waals surface area contributed by atoms with Crippen LogP contribution in [0.5, 0.6) is 0 Å². The molecule has 2 heterocycles. The minimum atomic E-state index is 0.448. The molecule has 0 aliphatic carbocycles. The van der Waals surface area contributed by atoms with Crippen molar-refractivity contribution in [3.05, 3.63) is 53.9 Å². The predicted molar refractivity (Wildman–Crippen MR) is 79.1 cm³/mol. The standard InChI is InChI=1S/C16H19N3/c1-12-9-14(17)11-15(10-12)19-8-2-3-16(19)13-4-6-18-7-5-13/h4-7,9-11,16H,2-3,8,17H2,1H3. The van der Waals surface area contributed by atoms with E-state index in [9.17, 15) is 0 Å². The number of aryl methyl sites for hydroxylation is 1. The number of nitrogen functional groups attached to an aromatic ring is 1. The molecular weight excluding hydrogens is 234 g/mol. The van der Waals surface area contributed by atoms with E-state index in [0.717, 1.165) is 12.2 Å². The zero-order chi connectivity index (χ0) is 13.2. The zero-order valence-corrected chi connectivity index (χ0v) is 11.2. The lowest BCUT2D eigenvalue weighted by molar-refractivity contribution is 0.718. The average molecular weight is 253 g/mol. The SMILES string of the molecule is Cc1cc(N)cc(N2CCCC2c2ccncc2)c1. The molecule has 1 aromatic heterocycles. The first-order valence-corrected chi connectivity index (χ1v) is 6.78. The summed E-state index contributed by atoms with van der Waals surface area (Å²) in [4.78, 5) is 6.56. The van der Waals surface area contributed by atoms with Crippen molar-refractivity contribution >= 4 is 11.4 Å². The fourth-order valence-electron chi connectivity index (χ4n) is 2.97. The molecule has 1 aliphatic heterocycles. The van der Waals surface area contributed by atoms with Crippen LogP contribution in [-0.4, -0.2) is 11.5 Å². The molecule has 3 rings (SSSR count). The largest absolute Gasteiger partial charge is 0.399 e. The number of aromatic nitrogens is 1. The molecule has 1 aliphatic rings. The average Bonchev–Trinajstić information content (AvgIpc) is 2.88. The Hall–Kier alpha value is -2.03. The molecule has 2 aromatic rings. The normalized spacial score (nSPS) is 18.8. The molecule has 19 heavy (non-hydrogen) atoms. The molecule has 1 saturated heterocycles. The van der Waals surface area contributed by atoms with Crippen LogP contribution in [0.15, 0.2) is 42.7 Å². The summed E-state index contributed by atoms with van der Waals surface area (Å²) in [7, 11) is 0. The quantitative estimate of drug-likeness (QED) is 0.835. The van der Waals surface area contributed by atoms with Crippen molar-refractivity contribution in [2.24, 2.45) is 0 Å². The number of pyridine rings is 1. The Morgan fingerprint density at radius 2 is 2.00 bits per heavy atom. The van der Waals surface area contributed by atoms with E-state index in [2.05, 4.69) is 41.1 Å². The first kappa shape index (κ1) is 12.0. The summed E-state index contributed by atoms with van der Waals surface area (Å²) >= 11 is 0. The lowest BCUT2D eigenvalue weighted by Crippen LogP contribution is -2.22. The Kier molecular flexibility index (Phi) is 3.11. The summed E-state index contributed by atoms with van der Waals surface area (Å²) in [5.74, 6) is 0. The van der Waals surface area contributed by atoms with Crippen LogP contribution < -0.4 is 10.6 Å². The van der Waals surface area contributed by atoms with E-state index in [4.69, 9.17) is 5.73 Å². The van der Waals surface area contributed by atoms with Gasteiger partial charge in [-0.1, -0.05) is 0 Å². The number of nitrogens with two attached hydrogens (primary N) is 1. The Labute approximate surface area is 114 Å². The maximum atomic E-state index is 5.97. The van der Waals surface area contributed by atoms with E-state index in [-0.39, 0.29) is 0 Å². The molecular formula is C16H19N3. The van der Waals surface area contributed by atoms with Gasteiger partial charge in [-0.25, -0.2) is 0 Å². The highest BCUT2D eigenvalue weighted by molar-refractivity contribution is 5.60. The van der Waals surface area contributed by atoms with Crippen LogP contribution in [0.3, 0.4) is 0 Å². The van der Waals surface area contributed by atoms with Crippen molar-refractivity contribution in [2.45, 2.75) is 25.8 Å². The molecule has 0 radical (unpaired) electrons.